The molecule has 0 rings (SSSR count). The molecule has 0 aromatic rings. The highest BCUT2D eigenvalue weighted by Crippen LogP contribution is 1.87. The van der Waals surface area contributed by atoms with Crippen molar-refractivity contribution in [2.24, 2.45) is 0 Å². The van der Waals surface area contributed by atoms with Crippen molar-refractivity contribution in [3.63, 3.8) is 0 Å². The zero-order chi connectivity index (χ0) is 4.99. The highest BCUT2D eigenvalue weighted by atomic mass is 32.1. The Morgan fingerprint density at radius 1 is 1.83 bits per heavy atom. The van der Waals surface area contributed by atoms with Crippen LogP contribution in [0.2, 0.25) is 0 Å². The molecule has 1 unspecified atom stereocenters. The van der Waals surface area contributed by atoms with Gasteiger partial charge in [-0.3, -0.25) is 0 Å². The molecule has 0 radical (unpaired) electrons. The molecule has 0 N–H and O–H groups in total. The van der Waals surface area contributed by atoms with Gasteiger partial charge in [0, 0.05) is 10.6 Å². The average molecular weight is 105 g/mol. The van der Waals surface area contributed by atoms with Gasteiger partial charge >= 0.3 is 11.7 Å². The van der Waals surface area contributed by atoms with Crippen LogP contribution in [0, 0.1) is 0 Å². The second-order valence-electron chi connectivity index (χ2n) is 1.32. The van der Waals surface area contributed by atoms with Gasteiger partial charge in [0.05, 0.1) is 0 Å². The second kappa shape index (κ2) is 3.22. The van der Waals surface area contributed by atoms with Gasteiger partial charge in [-0.05, 0) is 6.92 Å². The van der Waals surface area contributed by atoms with Gasteiger partial charge in [-0.15, -0.1) is 0 Å². The largest absolute Gasteiger partial charge is 0.461 e. The summed E-state index contributed by atoms with van der Waals surface area (Å²) in [5.41, 5.74) is 0. The Bertz CT molecular complexity index is 44.8. The minimum atomic E-state index is 0.296. The van der Waals surface area contributed by atoms with Gasteiger partial charge in [0.1, 0.15) is 0 Å². The molecule has 0 bridgehead atoms. The summed E-state index contributed by atoms with van der Waals surface area (Å²) in [4.78, 5) is 0. The Hall–Kier alpha value is 0.0200. The zero-order valence-electron chi connectivity index (χ0n) is 4.10. The van der Waals surface area contributed by atoms with E-state index in [1.165, 1.54) is 0 Å². The molecule has 0 amide bonds. The molecule has 0 aliphatic carbocycles. The van der Waals surface area contributed by atoms with E-state index >= 15 is 0 Å². The maximum Gasteiger partial charge on any atom is 0.461 e. The molecule has 0 aromatic heterocycles. The van der Waals surface area contributed by atoms with Crippen LogP contribution in [0.3, 0.4) is 0 Å². The summed E-state index contributed by atoms with van der Waals surface area (Å²) < 4.78 is 9.78. The molecule has 2 heteroatoms. The molecule has 0 fully saturated rings. The molecule has 0 spiro atoms. The first-order valence-corrected chi connectivity index (χ1v) is 2.90. The van der Waals surface area contributed by atoms with Gasteiger partial charge in [-0.25, -0.2) is 0 Å². The van der Waals surface area contributed by atoms with Crippen molar-refractivity contribution in [1.29, 1.82) is 0 Å². The molecule has 1 nitrogen and oxygen atoms in total. The first-order valence-electron chi connectivity index (χ1n) is 2.10. The minimum Gasteiger partial charge on any atom is -0.0598 e. The minimum absolute atomic E-state index is 0.296. The van der Waals surface area contributed by atoms with E-state index in [0.717, 1.165) is 6.42 Å². The molecule has 6 heavy (non-hydrogen) atoms. The topological polar surface area (TPSA) is 17.1 Å². The molecule has 0 aliphatic heterocycles. The van der Waals surface area contributed by atoms with Crippen molar-refractivity contribution in [3.8, 4) is 0 Å². The molecule has 36 valence electrons. The predicted octanol–water partition coefficient (Wildman–Crippen LogP) is 1.21. The van der Waals surface area contributed by atoms with Crippen LogP contribution in [-0.4, -0.2) is 5.25 Å². The summed E-state index contributed by atoms with van der Waals surface area (Å²) in [7, 11) is 0. The molecule has 0 aromatic carbocycles. The van der Waals surface area contributed by atoms with E-state index < -0.39 is 0 Å². The first kappa shape index (κ1) is 6.02. The number of rotatable bonds is 2. The van der Waals surface area contributed by atoms with Crippen LogP contribution < -0.4 is 0 Å². The Morgan fingerprint density at radius 3 is 2.33 bits per heavy atom. The van der Waals surface area contributed by atoms with Crippen LogP contribution in [0.4, 0.5) is 0 Å². The number of hydrogen-bond donors (Lipinski definition) is 0. The normalized spacial score (nSPS) is 13.7. The standard InChI is InChI=1S/C4H9OS/c1-3-4(2)6-5/h4H,3H2,1-2H3/q+1. The van der Waals surface area contributed by atoms with Crippen molar-refractivity contribution in [2.45, 2.75) is 25.5 Å². The smallest absolute Gasteiger partial charge is 0.0598 e. The fourth-order valence-corrected chi connectivity index (χ4v) is 0.204. The van der Waals surface area contributed by atoms with Gasteiger partial charge in [0.2, 0.25) is 5.25 Å². The lowest BCUT2D eigenvalue weighted by molar-refractivity contribution is 0.598. The second-order valence-corrected chi connectivity index (χ2v) is 2.31. The van der Waals surface area contributed by atoms with E-state index in [9.17, 15) is 4.21 Å². The summed E-state index contributed by atoms with van der Waals surface area (Å²) in [5, 5.41) is 0.296. The lowest BCUT2D eigenvalue weighted by Crippen LogP contribution is -1.92. The molecule has 0 aliphatic rings. The van der Waals surface area contributed by atoms with Crippen molar-refractivity contribution in [3.05, 3.63) is 0 Å². The Kier molecular flexibility index (Phi) is 3.23. The van der Waals surface area contributed by atoms with E-state index in [-0.39, 0.29) is 0 Å². The maximum absolute atomic E-state index is 9.78. The quantitative estimate of drug-likeness (QED) is 0.482. The van der Waals surface area contributed by atoms with Crippen LogP contribution >= 0.6 is 0 Å². The van der Waals surface area contributed by atoms with E-state index in [0.29, 0.717) is 16.9 Å². The number of hydrogen-bond acceptors (Lipinski definition) is 1. The Labute approximate surface area is 42.2 Å². The third kappa shape index (κ3) is 2.27. The van der Waals surface area contributed by atoms with Gasteiger partial charge in [0.25, 0.3) is 0 Å². The summed E-state index contributed by atoms with van der Waals surface area (Å²) in [6.07, 6.45) is 0.980. The molecule has 0 saturated heterocycles. The zero-order valence-corrected chi connectivity index (χ0v) is 4.92. The van der Waals surface area contributed by atoms with Gasteiger partial charge in [-0.2, -0.15) is 0 Å². The van der Waals surface area contributed by atoms with E-state index in [4.69, 9.17) is 0 Å². The van der Waals surface area contributed by atoms with Gasteiger partial charge < -0.3 is 0 Å². The summed E-state index contributed by atoms with van der Waals surface area (Å²) in [6.45, 7) is 3.94. The van der Waals surface area contributed by atoms with Crippen LogP contribution in [0.25, 0.3) is 0 Å². The maximum atomic E-state index is 9.78. The van der Waals surface area contributed by atoms with Crippen molar-refractivity contribution < 1.29 is 4.21 Å². The van der Waals surface area contributed by atoms with Gasteiger partial charge in [-0.1, -0.05) is 6.92 Å². The van der Waals surface area contributed by atoms with Gasteiger partial charge in [0.15, 0.2) is 0 Å². The molecule has 0 heterocycles. The lowest BCUT2D eigenvalue weighted by atomic mass is 10.4. The molecule has 1 atom stereocenters. The highest BCUT2D eigenvalue weighted by molar-refractivity contribution is 7.66. The highest BCUT2D eigenvalue weighted by Gasteiger charge is 2.08. The Morgan fingerprint density at radius 2 is 2.33 bits per heavy atom. The predicted molar refractivity (Wildman–Crippen MR) is 27.8 cm³/mol. The van der Waals surface area contributed by atoms with Crippen molar-refractivity contribution in [2.75, 3.05) is 0 Å². The average Bonchev–Trinajstić information content (AvgIpc) is 1.65. The third-order valence-electron chi connectivity index (χ3n) is 0.739. The molecule has 0 saturated carbocycles. The third-order valence-corrected chi connectivity index (χ3v) is 1.40. The van der Waals surface area contributed by atoms with Crippen molar-refractivity contribution in [1.82, 2.24) is 0 Å². The van der Waals surface area contributed by atoms with Crippen LogP contribution in [0.1, 0.15) is 20.3 Å². The van der Waals surface area contributed by atoms with E-state index in [1.807, 2.05) is 13.8 Å². The van der Waals surface area contributed by atoms with Crippen molar-refractivity contribution >= 4 is 11.7 Å². The Balaban J connectivity index is 2.96. The van der Waals surface area contributed by atoms with Crippen LogP contribution in [0.15, 0.2) is 0 Å². The van der Waals surface area contributed by atoms with Crippen LogP contribution in [-0.2, 0) is 15.9 Å². The first-order chi connectivity index (χ1) is 2.81. The SMILES string of the molecule is CCC(C)[S+]=O. The van der Waals surface area contributed by atoms with E-state index in [1.54, 1.807) is 0 Å². The lowest BCUT2D eigenvalue weighted by Gasteiger charge is -1.74. The monoisotopic (exact) mass is 105 g/mol. The fraction of sp³-hybridized carbons (Fsp3) is 1.00. The summed E-state index contributed by atoms with van der Waals surface area (Å²) in [6, 6.07) is 0. The fourth-order valence-electron chi connectivity index (χ4n) is 0.0680. The van der Waals surface area contributed by atoms with Crippen LogP contribution in [0.5, 0.6) is 0 Å². The summed E-state index contributed by atoms with van der Waals surface area (Å²) >= 11 is 0.675. The summed E-state index contributed by atoms with van der Waals surface area (Å²) in [5.74, 6) is 0. The molecular formula is C4H9OS+. The molecular weight excluding hydrogens is 96.1 g/mol. The van der Waals surface area contributed by atoms with E-state index in [2.05, 4.69) is 0 Å².